The first-order chi connectivity index (χ1) is 11.8. The Morgan fingerprint density at radius 3 is 2.72 bits per heavy atom. The van der Waals surface area contributed by atoms with Crippen molar-refractivity contribution in [2.24, 2.45) is 0 Å². The van der Waals surface area contributed by atoms with Crippen LogP contribution in [0.4, 0.5) is 5.69 Å². The van der Waals surface area contributed by atoms with E-state index in [-0.39, 0.29) is 23.6 Å². The van der Waals surface area contributed by atoms with Crippen LogP contribution >= 0.6 is 0 Å². The van der Waals surface area contributed by atoms with E-state index in [2.05, 4.69) is 0 Å². The number of hydrogen-bond acceptors (Lipinski definition) is 7. The van der Waals surface area contributed by atoms with Crippen LogP contribution in [0.15, 0.2) is 27.4 Å². The minimum absolute atomic E-state index is 0.150. The van der Waals surface area contributed by atoms with Crippen LogP contribution in [0.25, 0.3) is 11.0 Å². The topological polar surface area (TPSA) is 109 Å². The molecular weight excluding hydrogens is 330 g/mol. The number of fused-ring (bicyclic) bond motifs is 1. The zero-order valence-electron chi connectivity index (χ0n) is 14.2. The zero-order chi connectivity index (χ0) is 18.6. The third kappa shape index (κ3) is 4.34. The summed E-state index contributed by atoms with van der Waals surface area (Å²) in [5, 5.41) is 11.8. The zero-order valence-corrected chi connectivity index (χ0v) is 14.2. The number of rotatable bonds is 7. The van der Waals surface area contributed by atoms with Crippen molar-refractivity contribution in [2.75, 3.05) is 6.61 Å². The number of carbonyl (C=O) groups is 1. The molecule has 0 aliphatic heterocycles. The largest absolute Gasteiger partial charge is 0.472 e. The fraction of sp³-hybridized carbons (Fsp3) is 0.412. The van der Waals surface area contributed by atoms with E-state index in [0.29, 0.717) is 10.9 Å². The van der Waals surface area contributed by atoms with Gasteiger partial charge >= 0.3 is 17.3 Å². The molecule has 0 N–H and O–H groups in total. The van der Waals surface area contributed by atoms with Gasteiger partial charge in [-0.1, -0.05) is 13.3 Å². The molecule has 25 heavy (non-hydrogen) atoms. The fourth-order valence-electron chi connectivity index (χ4n) is 2.24. The number of unbranched alkanes of at least 4 members (excludes halogenated alkanes) is 1. The molecular formula is C17H19NO7. The quantitative estimate of drug-likeness (QED) is 0.248. The normalized spacial score (nSPS) is 12.0. The van der Waals surface area contributed by atoms with E-state index in [1.807, 2.05) is 6.92 Å². The van der Waals surface area contributed by atoms with Gasteiger partial charge in [-0.15, -0.1) is 0 Å². The summed E-state index contributed by atoms with van der Waals surface area (Å²) in [6.45, 7) is 5.31. The summed E-state index contributed by atoms with van der Waals surface area (Å²) in [4.78, 5) is 34.1. The summed E-state index contributed by atoms with van der Waals surface area (Å²) in [6.07, 6.45) is 0.556. The van der Waals surface area contributed by atoms with Gasteiger partial charge in [0.25, 0.3) is 0 Å². The minimum Gasteiger partial charge on any atom is -0.472 e. The van der Waals surface area contributed by atoms with E-state index in [1.54, 1.807) is 6.92 Å². The van der Waals surface area contributed by atoms with Crippen LogP contribution in [0, 0.1) is 17.0 Å². The molecule has 0 aliphatic rings. The van der Waals surface area contributed by atoms with Crippen LogP contribution < -0.4 is 10.4 Å². The first-order valence-corrected chi connectivity index (χ1v) is 7.89. The second-order valence-electron chi connectivity index (χ2n) is 5.60. The lowest BCUT2D eigenvalue weighted by Gasteiger charge is -2.14. The highest BCUT2D eigenvalue weighted by atomic mass is 16.6. The maximum absolute atomic E-state index is 11.9. The summed E-state index contributed by atoms with van der Waals surface area (Å²) >= 11 is 0. The average molecular weight is 349 g/mol. The van der Waals surface area contributed by atoms with Crippen molar-refractivity contribution in [3.8, 4) is 5.75 Å². The van der Waals surface area contributed by atoms with Crippen LogP contribution in [-0.4, -0.2) is 23.6 Å². The predicted molar refractivity (Wildman–Crippen MR) is 89.8 cm³/mol. The van der Waals surface area contributed by atoms with Crippen molar-refractivity contribution in [3.63, 3.8) is 0 Å². The summed E-state index contributed by atoms with van der Waals surface area (Å²) in [7, 11) is 0. The van der Waals surface area contributed by atoms with E-state index < -0.39 is 22.6 Å². The molecule has 1 atom stereocenters. The number of hydrogen-bond donors (Lipinski definition) is 0. The molecule has 0 fully saturated rings. The first kappa shape index (κ1) is 18.4. The molecule has 1 aromatic heterocycles. The van der Waals surface area contributed by atoms with Crippen LogP contribution in [0.5, 0.6) is 5.75 Å². The second kappa shape index (κ2) is 7.78. The Hall–Kier alpha value is -2.90. The molecule has 1 unspecified atom stereocenters. The molecule has 8 heteroatoms. The van der Waals surface area contributed by atoms with Gasteiger partial charge in [-0.2, -0.15) is 0 Å². The number of nitro benzene ring substituents is 1. The van der Waals surface area contributed by atoms with Gasteiger partial charge < -0.3 is 13.9 Å². The monoisotopic (exact) mass is 349 g/mol. The van der Waals surface area contributed by atoms with Gasteiger partial charge in [-0.3, -0.25) is 10.1 Å². The average Bonchev–Trinajstić information content (AvgIpc) is 2.53. The van der Waals surface area contributed by atoms with Gasteiger partial charge in [-0.05, 0) is 25.8 Å². The molecule has 2 rings (SSSR count). The summed E-state index contributed by atoms with van der Waals surface area (Å²) < 4.78 is 15.5. The molecule has 134 valence electrons. The summed E-state index contributed by atoms with van der Waals surface area (Å²) in [5.41, 5.74) is -0.195. The Bertz CT molecular complexity index is 856. The molecule has 8 nitrogen and oxygen atoms in total. The second-order valence-corrected chi connectivity index (χ2v) is 5.60. The van der Waals surface area contributed by atoms with Gasteiger partial charge in [0.1, 0.15) is 5.58 Å². The molecule has 0 spiro atoms. The van der Waals surface area contributed by atoms with Crippen molar-refractivity contribution in [2.45, 2.75) is 39.7 Å². The van der Waals surface area contributed by atoms with E-state index in [1.165, 1.54) is 25.1 Å². The van der Waals surface area contributed by atoms with Gasteiger partial charge in [0.05, 0.1) is 11.5 Å². The summed E-state index contributed by atoms with van der Waals surface area (Å²) in [6, 6.07) is 3.76. The molecule has 1 aromatic carbocycles. The van der Waals surface area contributed by atoms with Gasteiger partial charge in [-0.25, -0.2) is 9.59 Å². The lowest BCUT2D eigenvalue weighted by atomic mass is 10.1. The van der Waals surface area contributed by atoms with Crippen molar-refractivity contribution in [1.82, 2.24) is 0 Å². The smallest absolute Gasteiger partial charge is 0.347 e. The Balaban J connectivity index is 2.35. The molecule has 2 aromatic rings. The van der Waals surface area contributed by atoms with Crippen molar-refractivity contribution in [1.29, 1.82) is 0 Å². The Kier molecular flexibility index (Phi) is 5.74. The van der Waals surface area contributed by atoms with Gasteiger partial charge in [0.15, 0.2) is 6.10 Å². The molecule has 0 radical (unpaired) electrons. The Morgan fingerprint density at radius 2 is 2.08 bits per heavy atom. The highest BCUT2D eigenvalue weighted by molar-refractivity contribution is 5.85. The first-order valence-electron chi connectivity index (χ1n) is 7.89. The number of carbonyl (C=O) groups excluding carboxylic acids is 1. The molecule has 0 saturated heterocycles. The third-order valence-electron chi connectivity index (χ3n) is 3.61. The lowest BCUT2D eigenvalue weighted by molar-refractivity contribution is -0.385. The number of aryl methyl sites for hydroxylation is 1. The fourth-order valence-corrected chi connectivity index (χ4v) is 2.24. The van der Waals surface area contributed by atoms with E-state index in [4.69, 9.17) is 13.9 Å². The number of nitrogens with zero attached hydrogens (tertiary/aromatic N) is 1. The van der Waals surface area contributed by atoms with Crippen molar-refractivity contribution >= 4 is 22.6 Å². The third-order valence-corrected chi connectivity index (χ3v) is 3.61. The predicted octanol–water partition coefficient (Wildman–Crippen LogP) is 3.12. The van der Waals surface area contributed by atoms with Crippen molar-refractivity contribution in [3.05, 3.63) is 44.3 Å². The maximum Gasteiger partial charge on any atom is 0.347 e. The Morgan fingerprint density at radius 1 is 1.36 bits per heavy atom. The van der Waals surface area contributed by atoms with Gasteiger partial charge in [0, 0.05) is 23.6 Å². The van der Waals surface area contributed by atoms with Crippen LogP contribution in [-0.2, 0) is 9.53 Å². The standard InChI is InChI=1S/C17H19NO7/c1-4-5-6-23-17(20)11(3)24-15-9-14-12(8-13(15)18(21)22)10(2)7-16(19)25-14/h7-9,11H,4-6H2,1-3H3. The highest BCUT2D eigenvalue weighted by Gasteiger charge is 2.24. The molecule has 0 bridgehead atoms. The van der Waals surface area contributed by atoms with E-state index in [9.17, 15) is 19.7 Å². The van der Waals surface area contributed by atoms with Gasteiger partial charge in [0.2, 0.25) is 5.75 Å². The SMILES string of the molecule is CCCCOC(=O)C(C)Oc1cc2oc(=O)cc(C)c2cc1[N+](=O)[O-]. The van der Waals surface area contributed by atoms with Crippen LogP contribution in [0.1, 0.15) is 32.3 Å². The highest BCUT2D eigenvalue weighted by Crippen LogP contribution is 2.33. The Labute approximate surface area is 143 Å². The number of esters is 1. The van der Waals surface area contributed by atoms with Crippen LogP contribution in [0.3, 0.4) is 0 Å². The molecule has 0 aliphatic carbocycles. The minimum atomic E-state index is -1.04. The molecule has 1 heterocycles. The van der Waals surface area contributed by atoms with Crippen LogP contribution in [0.2, 0.25) is 0 Å². The number of ether oxygens (including phenoxy) is 2. The molecule has 0 amide bonds. The molecule has 0 saturated carbocycles. The van der Waals surface area contributed by atoms with E-state index in [0.717, 1.165) is 12.8 Å². The maximum atomic E-state index is 11.9. The van der Waals surface area contributed by atoms with Crippen molar-refractivity contribution < 1.29 is 23.6 Å². The summed E-state index contributed by atoms with van der Waals surface area (Å²) in [5.74, 6) is -0.778. The van der Waals surface area contributed by atoms with E-state index >= 15 is 0 Å². The number of benzene rings is 1. The number of nitro groups is 1. The lowest BCUT2D eigenvalue weighted by Crippen LogP contribution is -2.26.